The molecule has 3 rings (SSSR count). The van der Waals surface area contributed by atoms with E-state index in [1.165, 1.54) is 12.8 Å². The standard InChI is InChI=1S/C21H33N3O2/c1-21(2,3)26-20(25)24(16-10-6-5-7-11-16)19-17(12-8-14-22-19)18-13-9-15-23(18)4/h8,12,14,16,18H,5-7,9-11,13,15H2,1-4H3/t18-/m1/s1. The molecule has 1 aromatic rings. The highest BCUT2D eigenvalue weighted by Gasteiger charge is 2.35. The second-order valence-electron chi connectivity index (χ2n) is 8.70. The van der Waals surface area contributed by atoms with Crippen LogP contribution in [-0.4, -0.2) is 41.2 Å². The summed E-state index contributed by atoms with van der Waals surface area (Å²) in [5.74, 6) is 0.799. The first kappa shape index (κ1) is 19.2. The van der Waals surface area contributed by atoms with Gasteiger partial charge in [-0.25, -0.2) is 9.78 Å². The van der Waals surface area contributed by atoms with Crippen LogP contribution in [-0.2, 0) is 4.74 Å². The molecular weight excluding hydrogens is 326 g/mol. The maximum atomic E-state index is 13.2. The number of hydrogen-bond acceptors (Lipinski definition) is 4. The molecule has 1 saturated heterocycles. The van der Waals surface area contributed by atoms with E-state index < -0.39 is 5.60 Å². The lowest BCUT2D eigenvalue weighted by molar-refractivity contribution is 0.0556. The zero-order valence-electron chi connectivity index (χ0n) is 16.7. The molecule has 1 aliphatic carbocycles. The summed E-state index contributed by atoms with van der Waals surface area (Å²) in [5, 5.41) is 0. The number of carbonyl (C=O) groups excluding carboxylic acids is 1. The molecule has 5 nitrogen and oxygen atoms in total. The molecule has 0 radical (unpaired) electrons. The Morgan fingerprint density at radius 3 is 2.54 bits per heavy atom. The highest BCUT2D eigenvalue weighted by molar-refractivity contribution is 5.88. The summed E-state index contributed by atoms with van der Waals surface area (Å²) in [7, 11) is 2.16. The molecule has 5 heteroatoms. The van der Waals surface area contributed by atoms with Crippen LogP contribution in [0.5, 0.6) is 0 Å². The van der Waals surface area contributed by atoms with Crippen molar-refractivity contribution in [2.75, 3.05) is 18.5 Å². The van der Waals surface area contributed by atoms with Crippen molar-refractivity contribution in [3.05, 3.63) is 23.9 Å². The van der Waals surface area contributed by atoms with Gasteiger partial charge in [0.15, 0.2) is 0 Å². The Morgan fingerprint density at radius 1 is 1.19 bits per heavy atom. The Hall–Kier alpha value is -1.62. The van der Waals surface area contributed by atoms with Gasteiger partial charge < -0.3 is 4.74 Å². The first-order chi connectivity index (χ1) is 12.4. The maximum absolute atomic E-state index is 13.2. The van der Waals surface area contributed by atoms with Gasteiger partial charge in [-0.05, 0) is 66.1 Å². The Kier molecular flexibility index (Phi) is 5.86. The zero-order chi connectivity index (χ0) is 18.7. The van der Waals surface area contributed by atoms with Gasteiger partial charge in [-0.2, -0.15) is 0 Å². The van der Waals surface area contributed by atoms with Crippen LogP contribution in [0.3, 0.4) is 0 Å². The predicted molar refractivity (Wildman–Crippen MR) is 104 cm³/mol. The summed E-state index contributed by atoms with van der Waals surface area (Å²) in [6, 6.07) is 4.62. The van der Waals surface area contributed by atoms with Crippen molar-refractivity contribution in [1.82, 2.24) is 9.88 Å². The van der Waals surface area contributed by atoms with Crippen molar-refractivity contribution in [2.24, 2.45) is 0 Å². The van der Waals surface area contributed by atoms with E-state index in [4.69, 9.17) is 4.74 Å². The van der Waals surface area contributed by atoms with Gasteiger partial charge in [0, 0.05) is 23.8 Å². The number of nitrogens with zero attached hydrogens (tertiary/aromatic N) is 3. The van der Waals surface area contributed by atoms with Crippen LogP contribution in [0, 0.1) is 0 Å². The molecule has 1 saturated carbocycles. The molecule has 0 spiro atoms. The van der Waals surface area contributed by atoms with Gasteiger partial charge in [-0.3, -0.25) is 9.80 Å². The molecule has 0 unspecified atom stereocenters. The van der Waals surface area contributed by atoms with Gasteiger partial charge in [-0.1, -0.05) is 25.3 Å². The first-order valence-electron chi connectivity index (χ1n) is 10.0. The topological polar surface area (TPSA) is 45.7 Å². The van der Waals surface area contributed by atoms with Crippen molar-refractivity contribution in [3.63, 3.8) is 0 Å². The molecule has 1 aromatic heterocycles. The largest absolute Gasteiger partial charge is 0.443 e. The van der Waals surface area contributed by atoms with Crippen LogP contribution in [0.1, 0.15) is 77.3 Å². The Balaban J connectivity index is 1.97. The molecule has 2 fully saturated rings. The Labute approximate surface area is 157 Å². The van der Waals surface area contributed by atoms with Gasteiger partial charge in [-0.15, -0.1) is 0 Å². The Morgan fingerprint density at radius 2 is 1.92 bits per heavy atom. The minimum atomic E-state index is -0.511. The van der Waals surface area contributed by atoms with E-state index >= 15 is 0 Å². The minimum absolute atomic E-state index is 0.180. The molecule has 0 N–H and O–H groups in total. The summed E-state index contributed by atoms with van der Waals surface area (Å²) in [5.41, 5.74) is 0.646. The fraction of sp³-hybridized carbons (Fsp3) is 0.714. The lowest BCUT2D eigenvalue weighted by Crippen LogP contribution is -2.45. The molecule has 26 heavy (non-hydrogen) atoms. The number of likely N-dealkylation sites (tertiary alicyclic amines) is 1. The number of pyridine rings is 1. The van der Waals surface area contributed by atoms with Gasteiger partial charge in [0.2, 0.25) is 0 Å². The van der Waals surface area contributed by atoms with E-state index in [9.17, 15) is 4.79 Å². The fourth-order valence-corrected chi connectivity index (χ4v) is 4.23. The predicted octanol–water partition coefficient (Wildman–Crippen LogP) is 4.92. The summed E-state index contributed by atoms with van der Waals surface area (Å²) < 4.78 is 5.79. The van der Waals surface area contributed by atoms with E-state index in [2.05, 4.69) is 23.0 Å². The van der Waals surface area contributed by atoms with E-state index in [1.54, 1.807) is 6.20 Å². The van der Waals surface area contributed by atoms with Crippen molar-refractivity contribution < 1.29 is 9.53 Å². The van der Waals surface area contributed by atoms with Crippen LogP contribution in [0.25, 0.3) is 0 Å². The smallest absolute Gasteiger partial charge is 0.416 e. The molecule has 2 aliphatic rings. The molecule has 0 aromatic carbocycles. The van der Waals surface area contributed by atoms with Crippen LogP contribution in [0.2, 0.25) is 0 Å². The summed E-state index contributed by atoms with van der Waals surface area (Å²) in [4.78, 5) is 22.1. The highest BCUT2D eigenvalue weighted by atomic mass is 16.6. The molecular formula is C21H33N3O2. The third-order valence-corrected chi connectivity index (χ3v) is 5.45. The van der Waals surface area contributed by atoms with Gasteiger partial charge in [0.25, 0.3) is 0 Å². The third-order valence-electron chi connectivity index (χ3n) is 5.45. The fourth-order valence-electron chi connectivity index (χ4n) is 4.23. The molecule has 1 amide bonds. The second kappa shape index (κ2) is 7.95. The molecule has 1 atom stereocenters. The molecule has 2 heterocycles. The second-order valence-corrected chi connectivity index (χ2v) is 8.70. The number of carbonyl (C=O) groups is 1. The summed E-state index contributed by atoms with van der Waals surface area (Å²) >= 11 is 0. The monoisotopic (exact) mass is 359 g/mol. The summed E-state index contributed by atoms with van der Waals surface area (Å²) in [6.07, 6.45) is 9.46. The first-order valence-corrected chi connectivity index (χ1v) is 10.0. The quantitative estimate of drug-likeness (QED) is 0.768. The number of anilines is 1. The molecule has 1 aliphatic heterocycles. The zero-order valence-corrected chi connectivity index (χ0v) is 16.7. The Bertz CT molecular complexity index is 620. The number of aromatic nitrogens is 1. The number of rotatable bonds is 3. The van der Waals surface area contributed by atoms with E-state index in [0.29, 0.717) is 6.04 Å². The molecule has 0 bridgehead atoms. The van der Waals surface area contributed by atoms with Gasteiger partial charge >= 0.3 is 6.09 Å². The maximum Gasteiger partial charge on any atom is 0.416 e. The van der Waals surface area contributed by atoms with E-state index in [-0.39, 0.29) is 12.1 Å². The lowest BCUT2D eigenvalue weighted by atomic mass is 9.93. The van der Waals surface area contributed by atoms with E-state index in [1.807, 2.05) is 31.7 Å². The lowest BCUT2D eigenvalue weighted by Gasteiger charge is -2.36. The van der Waals surface area contributed by atoms with Crippen LogP contribution < -0.4 is 4.90 Å². The van der Waals surface area contributed by atoms with Crippen molar-refractivity contribution in [2.45, 2.75) is 83.4 Å². The SMILES string of the molecule is CN1CCC[C@@H]1c1cccnc1N(C(=O)OC(C)(C)C)C1CCCCC1. The van der Waals surface area contributed by atoms with Crippen molar-refractivity contribution in [3.8, 4) is 0 Å². The van der Waals surface area contributed by atoms with E-state index in [0.717, 1.165) is 50.0 Å². The molecule has 144 valence electrons. The number of amides is 1. The summed E-state index contributed by atoms with van der Waals surface area (Å²) in [6.45, 7) is 6.87. The number of hydrogen-bond donors (Lipinski definition) is 0. The number of ether oxygens (including phenoxy) is 1. The van der Waals surface area contributed by atoms with Gasteiger partial charge in [0.1, 0.15) is 11.4 Å². The highest BCUT2D eigenvalue weighted by Crippen LogP contribution is 2.37. The third kappa shape index (κ3) is 4.37. The van der Waals surface area contributed by atoms with Crippen molar-refractivity contribution >= 4 is 11.9 Å². The average Bonchev–Trinajstić information content (AvgIpc) is 3.01. The van der Waals surface area contributed by atoms with Crippen LogP contribution in [0.15, 0.2) is 18.3 Å². The van der Waals surface area contributed by atoms with Crippen LogP contribution in [0.4, 0.5) is 10.6 Å². The van der Waals surface area contributed by atoms with Crippen LogP contribution >= 0.6 is 0 Å². The normalized spacial score (nSPS) is 22.4. The minimum Gasteiger partial charge on any atom is -0.443 e. The van der Waals surface area contributed by atoms with Gasteiger partial charge in [0.05, 0.1) is 0 Å². The van der Waals surface area contributed by atoms with Crippen molar-refractivity contribution in [1.29, 1.82) is 0 Å². The average molecular weight is 360 g/mol.